The zero-order chi connectivity index (χ0) is 18.7. The Balaban J connectivity index is 1.65. The molecule has 2 aliphatic heterocycles. The van der Waals surface area contributed by atoms with Gasteiger partial charge in [-0.2, -0.15) is 0 Å². The van der Waals surface area contributed by atoms with Crippen molar-refractivity contribution in [3.05, 3.63) is 35.4 Å². The first-order valence-corrected chi connectivity index (χ1v) is 9.97. The summed E-state index contributed by atoms with van der Waals surface area (Å²) in [6, 6.07) is 8.70. The molecule has 0 aliphatic carbocycles. The number of benzene rings is 1. The molecule has 1 amide bonds. The topological polar surface area (TPSA) is 40.6 Å². The van der Waals surface area contributed by atoms with E-state index in [4.69, 9.17) is 0 Å². The van der Waals surface area contributed by atoms with Gasteiger partial charge in [0.2, 0.25) is 5.91 Å². The Morgan fingerprint density at radius 3 is 2.46 bits per heavy atom. The van der Waals surface area contributed by atoms with Crippen LogP contribution in [0.1, 0.15) is 63.5 Å². The summed E-state index contributed by atoms with van der Waals surface area (Å²) < 4.78 is 0. The molecule has 1 aromatic carbocycles. The molecule has 2 saturated heterocycles. The smallest absolute Gasteiger partial charge is 0.239 e. The van der Waals surface area contributed by atoms with Crippen LogP contribution >= 0.6 is 0 Å². The number of hydrogen-bond acceptors (Lipinski definition) is 3. The third-order valence-corrected chi connectivity index (χ3v) is 5.97. The van der Waals surface area contributed by atoms with Crippen LogP contribution in [0.5, 0.6) is 0 Å². The molecule has 0 aromatic heterocycles. The summed E-state index contributed by atoms with van der Waals surface area (Å²) >= 11 is 0. The maximum Gasteiger partial charge on any atom is 0.239 e. The number of rotatable bonds is 4. The molecule has 0 spiro atoms. The second-order valence-corrected chi connectivity index (χ2v) is 8.76. The summed E-state index contributed by atoms with van der Waals surface area (Å²) in [5, 5.41) is 0. The highest BCUT2D eigenvalue weighted by Crippen LogP contribution is 2.36. The number of piperidine rings is 1. The van der Waals surface area contributed by atoms with E-state index in [1.165, 1.54) is 11.1 Å². The Bertz CT molecular complexity index is 642. The average molecular weight is 357 g/mol. The second-order valence-electron chi connectivity index (χ2n) is 8.76. The van der Waals surface area contributed by atoms with Crippen LogP contribution < -0.4 is 0 Å². The van der Waals surface area contributed by atoms with Crippen molar-refractivity contribution >= 4 is 12.2 Å². The first-order chi connectivity index (χ1) is 12.4. The van der Waals surface area contributed by atoms with Gasteiger partial charge in [-0.05, 0) is 54.7 Å². The SMILES string of the molecule is CC(C)(C)c1ccccc1C1CCN(C(=O)[C@H]2CCCN2CC=O)CC1. The van der Waals surface area contributed by atoms with Crippen molar-refractivity contribution in [2.24, 2.45) is 0 Å². The lowest BCUT2D eigenvalue weighted by molar-refractivity contribution is -0.137. The first-order valence-electron chi connectivity index (χ1n) is 9.97. The molecular weight excluding hydrogens is 324 g/mol. The predicted octanol–water partition coefficient (Wildman–Crippen LogP) is 3.35. The van der Waals surface area contributed by atoms with Crippen molar-refractivity contribution in [1.82, 2.24) is 9.80 Å². The normalized spacial score (nSPS) is 22.6. The minimum Gasteiger partial charge on any atom is -0.341 e. The van der Waals surface area contributed by atoms with Crippen molar-refractivity contribution in [1.29, 1.82) is 0 Å². The van der Waals surface area contributed by atoms with Gasteiger partial charge in [-0.3, -0.25) is 9.69 Å². The lowest BCUT2D eigenvalue weighted by atomic mass is 9.77. The molecule has 0 bridgehead atoms. The highest BCUT2D eigenvalue weighted by Gasteiger charge is 2.35. The van der Waals surface area contributed by atoms with Crippen LogP contribution in [-0.4, -0.2) is 54.2 Å². The second kappa shape index (κ2) is 7.91. The zero-order valence-electron chi connectivity index (χ0n) is 16.4. The Kier molecular flexibility index (Phi) is 5.81. The number of carbonyl (C=O) groups excluding carboxylic acids is 2. The van der Waals surface area contributed by atoms with Crippen LogP contribution in [0, 0.1) is 0 Å². The van der Waals surface area contributed by atoms with E-state index in [-0.39, 0.29) is 17.4 Å². The summed E-state index contributed by atoms with van der Waals surface area (Å²) in [7, 11) is 0. The number of amides is 1. The fourth-order valence-corrected chi connectivity index (χ4v) is 4.58. The molecule has 1 atom stereocenters. The summed E-state index contributed by atoms with van der Waals surface area (Å²) in [6.45, 7) is 9.71. The fourth-order valence-electron chi connectivity index (χ4n) is 4.58. The minimum absolute atomic E-state index is 0.0846. The number of hydrogen-bond donors (Lipinski definition) is 0. The molecule has 4 nitrogen and oxygen atoms in total. The Morgan fingerprint density at radius 1 is 1.12 bits per heavy atom. The number of nitrogens with zero attached hydrogens (tertiary/aromatic N) is 2. The Labute approximate surface area is 157 Å². The van der Waals surface area contributed by atoms with Crippen LogP contribution in [0.2, 0.25) is 0 Å². The largest absolute Gasteiger partial charge is 0.341 e. The molecule has 0 radical (unpaired) electrons. The first kappa shape index (κ1) is 19.1. The molecule has 2 heterocycles. The lowest BCUT2D eigenvalue weighted by Gasteiger charge is -2.37. The van der Waals surface area contributed by atoms with E-state index in [9.17, 15) is 9.59 Å². The van der Waals surface area contributed by atoms with Gasteiger partial charge in [0.1, 0.15) is 6.29 Å². The van der Waals surface area contributed by atoms with Crippen LogP contribution in [0.3, 0.4) is 0 Å². The van der Waals surface area contributed by atoms with Crippen molar-refractivity contribution < 1.29 is 9.59 Å². The van der Waals surface area contributed by atoms with Gasteiger partial charge < -0.3 is 9.69 Å². The van der Waals surface area contributed by atoms with E-state index in [1.807, 2.05) is 9.80 Å². The van der Waals surface area contributed by atoms with Gasteiger partial charge in [0, 0.05) is 13.1 Å². The maximum absolute atomic E-state index is 12.9. The molecule has 2 fully saturated rings. The van der Waals surface area contributed by atoms with Gasteiger partial charge in [-0.25, -0.2) is 0 Å². The molecule has 1 aromatic rings. The maximum atomic E-state index is 12.9. The van der Waals surface area contributed by atoms with Crippen molar-refractivity contribution in [2.45, 2.75) is 63.8 Å². The standard InChI is InChI=1S/C22H32N2O2/c1-22(2,3)19-8-5-4-7-18(19)17-10-13-24(14-11-17)21(26)20-9-6-12-23(20)15-16-25/h4-5,7-8,16-17,20H,6,9-15H2,1-3H3/t20-/m1/s1. The molecule has 3 rings (SSSR count). The fraction of sp³-hybridized carbons (Fsp3) is 0.636. The zero-order valence-corrected chi connectivity index (χ0v) is 16.4. The summed E-state index contributed by atoms with van der Waals surface area (Å²) in [6.07, 6.45) is 4.87. The molecule has 26 heavy (non-hydrogen) atoms. The Hall–Kier alpha value is -1.68. The van der Waals surface area contributed by atoms with Crippen LogP contribution in [0.4, 0.5) is 0 Å². The molecule has 0 saturated carbocycles. The Morgan fingerprint density at radius 2 is 1.81 bits per heavy atom. The summed E-state index contributed by atoms with van der Waals surface area (Å²) in [4.78, 5) is 27.8. The van der Waals surface area contributed by atoms with E-state index in [0.717, 1.165) is 51.6 Å². The van der Waals surface area contributed by atoms with E-state index in [0.29, 0.717) is 12.5 Å². The van der Waals surface area contributed by atoms with E-state index < -0.39 is 0 Å². The third kappa shape index (κ3) is 4.01. The summed E-state index contributed by atoms with van der Waals surface area (Å²) in [5.74, 6) is 0.760. The average Bonchev–Trinajstić information content (AvgIpc) is 3.09. The van der Waals surface area contributed by atoms with Gasteiger partial charge >= 0.3 is 0 Å². The van der Waals surface area contributed by atoms with Crippen LogP contribution in [0.25, 0.3) is 0 Å². The number of likely N-dealkylation sites (tertiary alicyclic amines) is 2. The molecule has 4 heteroatoms. The highest BCUT2D eigenvalue weighted by atomic mass is 16.2. The van der Waals surface area contributed by atoms with Gasteiger partial charge in [-0.15, -0.1) is 0 Å². The van der Waals surface area contributed by atoms with Crippen LogP contribution in [0.15, 0.2) is 24.3 Å². The number of carbonyl (C=O) groups is 2. The highest BCUT2D eigenvalue weighted by molar-refractivity contribution is 5.82. The minimum atomic E-state index is -0.0846. The molecule has 2 aliphatic rings. The summed E-state index contributed by atoms with van der Waals surface area (Å²) in [5.41, 5.74) is 3.02. The molecular formula is C22H32N2O2. The van der Waals surface area contributed by atoms with E-state index >= 15 is 0 Å². The van der Waals surface area contributed by atoms with Gasteiger partial charge in [0.25, 0.3) is 0 Å². The van der Waals surface area contributed by atoms with Crippen LogP contribution in [-0.2, 0) is 15.0 Å². The van der Waals surface area contributed by atoms with E-state index in [2.05, 4.69) is 45.0 Å². The predicted molar refractivity (Wildman–Crippen MR) is 104 cm³/mol. The molecule has 142 valence electrons. The third-order valence-electron chi connectivity index (χ3n) is 5.97. The van der Waals surface area contributed by atoms with Crippen molar-refractivity contribution in [3.63, 3.8) is 0 Å². The van der Waals surface area contributed by atoms with Gasteiger partial charge in [0.15, 0.2) is 0 Å². The van der Waals surface area contributed by atoms with Crippen molar-refractivity contribution in [3.8, 4) is 0 Å². The van der Waals surface area contributed by atoms with Crippen molar-refractivity contribution in [2.75, 3.05) is 26.2 Å². The molecule has 0 N–H and O–H groups in total. The van der Waals surface area contributed by atoms with Gasteiger partial charge in [-0.1, -0.05) is 45.0 Å². The number of aldehydes is 1. The van der Waals surface area contributed by atoms with Gasteiger partial charge in [0.05, 0.1) is 12.6 Å². The monoisotopic (exact) mass is 356 g/mol. The lowest BCUT2D eigenvalue weighted by Crippen LogP contribution is -2.48. The van der Waals surface area contributed by atoms with E-state index in [1.54, 1.807) is 0 Å². The molecule has 0 unspecified atom stereocenters. The quantitative estimate of drug-likeness (QED) is 0.777.